The Morgan fingerprint density at radius 3 is 2.45 bits per heavy atom. The monoisotopic (exact) mass is 281 g/mol. The van der Waals surface area contributed by atoms with E-state index >= 15 is 0 Å². The minimum Gasteiger partial charge on any atom is -0.480 e. The van der Waals surface area contributed by atoms with Gasteiger partial charge in [-0.25, -0.2) is 9.59 Å². The van der Waals surface area contributed by atoms with E-state index in [2.05, 4.69) is 15.5 Å². The summed E-state index contributed by atoms with van der Waals surface area (Å²) in [4.78, 5) is 22.7. The van der Waals surface area contributed by atoms with Crippen LogP contribution in [0.5, 0.6) is 0 Å². The van der Waals surface area contributed by atoms with Gasteiger partial charge < -0.3 is 15.2 Å². The van der Waals surface area contributed by atoms with E-state index in [1.165, 1.54) is 0 Å². The van der Waals surface area contributed by atoms with Gasteiger partial charge in [0, 0.05) is 6.42 Å². The van der Waals surface area contributed by atoms with Crippen molar-refractivity contribution < 1.29 is 19.4 Å². The number of hydrogen-bond acceptors (Lipinski definition) is 5. The van der Waals surface area contributed by atoms with Gasteiger partial charge in [0.05, 0.1) is 11.4 Å². The number of carbonyl (C=O) groups is 2. The largest absolute Gasteiger partial charge is 0.480 e. The van der Waals surface area contributed by atoms with Crippen molar-refractivity contribution in [2.24, 2.45) is 0 Å². The summed E-state index contributed by atoms with van der Waals surface area (Å²) in [6.45, 7) is 6.89. The van der Waals surface area contributed by atoms with E-state index in [1.807, 2.05) is 0 Å². The van der Waals surface area contributed by atoms with Crippen LogP contribution in [0, 0.1) is 6.92 Å². The van der Waals surface area contributed by atoms with Gasteiger partial charge in [0.1, 0.15) is 11.6 Å². The molecule has 0 saturated carbocycles. The van der Waals surface area contributed by atoms with Crippen LogP contribution >= 0.6 is 0 Å². The molecule has 0 bridgehead atoms. The van der Waals surface area contributed by atoms with Crippen LogP contribution in [0.2, 0.25) is 0 Å². The molecule has 1 aromatic heterocycles. The Bertz CT molecular complexity index is 479. The van der Waals surface area contributed by atoms with Gasteiger partial charge in [-0.3, -0.25) is 0 Å². The van der Waals surface area contributed by atoms with Gasteiger partial charge in [0.15, 0.2) is 0 Å². The van der Waals surface area contributed by atoms with Crippen LogP contribution < -0.4 is 5.32 Å². The zero-order valence-corrected chi connectivity index (χ0v) is 12.0. The van der Waals surface area contributed by atoms with Crippen LogP contribution in [-0.4, -0.2) is 39.0 Å². The maximum Gasteiger partial charge on any atom is 0.408 e. The van der Waals surface area contributed by atoms with Crippen molar-refractivity contribution >= 4 is 12.1 Å². The standard InChI is InChI=1S/C13H19N3O4/c1-8-5-6-9(16-15-8)7-10(11(17)18)14-12(19)20-13(2,3)4/h5-6,10H,7H2,1-4H3,(H,14,19)(H,17,18). The van der Waals surface area contributed by atoms with Gasteiger partial charge in [0.2, 0.25) is 0 Å². The second-order valence-corrected chi connectivity index (χ2v) is 5.41. The zero-order chi connectivity index (χ0) is 15.3. The highest BCUT2D eigenvalue weighted by molar-refractivity contribution is 5.80. The lowest BCUT2D eigenvalue weighted by atomic mass is 10.1. The third kappa shape index (κ3) is 5.64. The molecule has 0 aromatic carbocycles. The Morgan fingerprint density at radius 1 is 1.35 bits per heavy atom. The summed E-state index contributed by atoms with van der Waals surface area (Å²) in [5.74, 6) is -1.15. The first-order valence-electron chi connectivity index (χ1n) is 6.19. The van der Waals surface area contributed by atoms with Gasteiger partial charge in [-0.1, -0.05) is 0 Å². The molecule has 1 atom stereocenters. The first-order valence-corrected chi connectivity index (χ1v) is 6.19. The number of aromatic nitrogens is 2. The van der Waals surface area contributed by atoms with Crippen molar-refractivity contribution in [2.75, 3.05) is 0 Å². The molecule has 0 radical (unpaired) electrons. The van der Waals surface area contributed by atoms with Gasteiger partial charge in [-0.2, -0.15) is 10.2 Å². The number of aliphatic carboxylic acids is 1. The highest BCUT2D eigenvalue weighted by Crippen LogP contribution is 2.08. The topological polar surface area (TPSA) is 101 Å². The van der Waals surface area contributed by atoms with Crippen LogP contribution in [0.15, 0.2) is 12.1 Å². The Labute approximate surface area is 117 Å². The number of rotatable bonds is 4. The fraction of sp³-hybridized carbons (Fsp3) is 0.538. The summed E-state index contributed by atoms with van der Waals surface area (Å²) in [6, 6.07) is 2.30. The van der Waals surface area contributed by atoms with Crippen molar-refractivity contribution in [1.29, 1.82) is 0 Å². The van der Waals surface area contributed by atoms with Crippen molar-refractivity contribution in [2.45, 2.75) is 45.8 Å². The van der Waals surface area contributed by atoms with E-state index in [4.69, 9.17) is 9.84 Å². The summed E-state index contributed by atoms with van der Waals surface area (Å²) < 4.78 is 5.03. The predicted octanol–water partition coefficient (Wildman–Crippen LogP) is 1.31. The predicted molar refractivity (Wildman–Crippen MR) is 71.3 cm³/mol. The van der Waals surface area contributed by atoms with Crippen molar-refractivity contribution in [1.82, 2.24) is 15.5 Å². The summed E-state index contributed by atoms with van der Waals surface area (Å²) in [5.41, 5.74) is 0.538. The minimum absolute atomic E-state index is 0.0435. The molecule has 0 spiro atoms. The summed E-state index contributed by atoms with van der Waals surface area (Å²) >= 11 is 0. The number of carboxylic acid groups (broad SMARTS) is 1. The molecule has 1 heterocycles. The maximum atomic E-state index is 11.6. The molecule has 7 nitrogen and oxygen atoms in total. The Morgan fingerprint density at radius 2 is 2.00 bits per heavy atom. The molecule has 2 N–H and O–H groups in total. The summed E-state index contributed by atoms with van der Waals surface area (Å²) in [6.07, 6.45) is -0.730. The minimum atomic E-state index is -1.15. The molecule has 0 fully saturated rings. The average molecular weight is 281 g/mol. The third-order valence-corrected chi connectivity index (χ3v) is 2.26. The number of ether oxygens (including phenoxy) is 1. The van der Waals surface area contributed by atoms with Crippen molar-refractivity contribution in [3.63, 3.8) is 0 Å². The van der Waals surface area contributed by atoms with Gasteiger partial charge in [-0.05, 0) is 39.8 Å². The second-order valence-electron chi connectivity index (χ2n) is 5.41. The number of nitrogens with zero attached hydrogens (tertiary/aromatic N) is 2. The normalized spacial score (nSPS) is 12.6. The Balaban J connectivity index is 2.68. The number of carbonyl (C=O) groups excluding carboxylic acids is 1. The molecule has 1 amide bonds. The van der Waals surface area contributed by atoms with Crippen LogP contribution in [0.1, 0.15) is 32.2 Å². The molecule has 20 heavy (non-hydrogen) atoms. The molecular formula is C13H19N3O4. The number of amides is 1. The third-order valence-electron chi connectivity index (χ3n) is 2.26. The van der Waals surface area contributed by atoms with Crippen molar-refractivity contribution in [3.8, 4) is 0 Å². The van der Waals surface area contributed by atoms with Crippen molar-refractivity contribution in [3.05, 3.63) is 23.5 Å². The lowest BCUT2D eigenvalue weighted by Crippen LogP contribution is -2.44. The summed E-state index contributed by atoms with van der Waals surface area (Å²) in [5, 5.41) is 19.1. The molecule has 7 heteroatoms. The molecule has 1 unspecified atom stereocenters. The maximum absolute atomic E-state index is 11.6. The molecule has 1 rings (SSSR count). The molecule has 0 aliphatic heterocycles. The lowest BCUT2D eigenvalue weighted by molar-refractivity contribution is -0.139. The average Bonchev–Trinajstić information content (AvgIpc) is 2.28. The highest BCUT2D eigenvalue weighted by Gasteiger charge is 2.24. The van der Waals surface area contributed by atoms with E-state index in [0.717, 1.165) is 5.69 Å². The van der Waals surface area contributed by atoms with E-state index in [0.29, 0.717) is 5.69 Å². The van der Waals surface area contributed by atoms with E-state index in [9.17, 15) is 9.59 Å². The molecular weight excluding hydrogens is 262 g/mol. The molecule has 1 aromatic rings. The van der Waals surface area contributed by atoms with Crippen LogP contribution in [-0.2, 0) is 16.0 Å². The van der Waals surface area contributed by atoms with Gasteiger partial charge in [-0.15, -0.1) is 0 Å². The number of alkyl carbamates (subject to hydrolysis) is 1. The molecule has 110 valence electrons. The Kier molecular flexibility index (Phi) is 5.01. The van der Waals surface area contributed by atoms with Crippen LogP contribution in [0.3, 0.4) is 0 Å². The Hall–Kier alpha value is -2.18. The number of carboxylic acids is 1. The number of hydrogen-bond donors (Lipinski definition) is 2. The molecule has 0 aliphatic rings. The van der Waals surface area contributed by atoms with Gasteiger partial charge in [0.25, 0.3) is 0 Å². The lowest BCUT2D eigenvalue weighted by Gasteiger charge is -2.21. The quantitative estimate of drug-likeness (QED) is 0.862. The fourth-order valence-electron chi connectivity index (χ4n) is 1.39. The molecule has 0 saturated heterocycles. The first-order chi connectivity index (χ1) is 9.17. The zero-order valence-electron chi connectivity index (χ0n) is 12.0. The van der Waals surface area contributed by atoms with E-state index in [-0.39, 0.29) is 6.42 Å². The number of nitrogens with one attached hydrogen (secondary N) is 1. The van der Waals surface area contributed by atoms with Crippen LogP contribution in [0.25, 0.3) is 0 Å². The SMILES string of the molecule is Cc1ccc(CC(NC(=O)OC(C)(C)C)C(=O)O)nn1. The van der Waals surface area contributed by atoms with E-state index < -0.39 is 23.7 Å². The van der Waals surface area contributed by atoms with Gasteiger partial charge >= 0.3 is 12.1 Å². The number of aryl methyl sites for hydroxylation is 1. The smallest absolute Gasteiger partial charge is 0.408 e. The fourth-order valence-corrected chi connectivity index (χ4v) is 1.39. The second kappa shape index (κ2) is 6.31. The summed E-state index contributed by atoms with van der Waals surface area (Å²) in [7, 11) is 0. The van der Waals surface area contributed by atoms with E-state index in [1.54, 1.807) is 39.8 Å². The van der Waals surface area contributed by atoms with Crippen LogP contribution in [0.4, 0.5) is 4.79 Å². The highest BCUT2D eigenvalue weighted by atomic mass is 16.6. The first kappa shape index (κ1) is 15.9. The molecule has 0 aliphatic carbocycles.